The van der Waals surface area contributed by atoms with E-state index in [1.807, 2.05) is 35.7 Å². The molecule has 0 saturated heterocycles. The maximum Gasteiger partial charge on any atom is 0.272 e. The van der Waals surface area contributed by atoms with Crippen molar-refractivity contribution in [3.05, 3.63) is 76.2 Å². The molecule has 0 fully saturated rings. The van der Waals surface area contributed by atoms with Gasteiger partial charge in [-0.3, -0.25) is 14.2 Å². The summed E-state index contributed by atoms with van der Waals surface area (Å²) in [6.07, 6.45) is 3.14. The van der Waals surface area contributed by atoms with Crippen LogP contribution in [0.3, 0.4) is 0 Å². The van der Waals surface area contributed by atoms with Crippen LogP contribution in [0.1, 0.15) is 16.3 Å². The normalized spacial score (nSPS) is 11.0. The zero-order chi connectivity index (χ0) is 18.1. The van der Waals surface area contributed by atoms with Crippen molar-refractivity contribution in [3.63, 3.8) is 0 Å². The lowest BCUT2D eigenvalue weighted by Crippen LogP contribution is -2.29. The van der Waals surface area contributed by atoms with Crippen LogP contribution in [0.4, 0.5) is 0 Å². The van der Waals surface area contributed by atoms with Gasteiger partial charge >= 0.3 is 0 Å². The molecule has 4 aromatic rings. The first kappa shape index (κ1) is 16.2. The van der Waals surface area contributed by atoms with E-state index in [1.165, 1.54) is 22.4 Å². The second-order valence-corrected chi connectivity index (χ2v) is 6.71. The summed E-state index contributed by atoms with van der Waals surface area (Å²) in [5, 5.41) is 1.82. The molecular weight excluding hydrogens is 350 g/mol. The van der Waals surface area contributed by atoms with E-state index in [4.69, 9.17) is 0 Å². The Morgan fingerprint density at radius 2 is 2.08 bits per heavy atom. The number of fused-ring (bicyclic) bond motifs is 1. The number of hydrogen-bond acceptors (Lipinski definition) is 5. The maximum absolute atomic E-state index is 12.9. The van der Waals surface area contributed by atoms with Crippen LogP contribution in [-0.2, 0) is 6.54 Å². The summed E-state index contributed by atoms with van der Waals surface area (Å²) in [6.45, 7) is 0.194. The average molecular weight is 365 g/mol. The molecule has 0 saturated carbocycles. The van der Waals surface area contributed by atoms with Gasteiger partial charge in [0.2, 0.25) is 0 Å². The highest BCUT2D eigenvalue weighted by atomic mass is 32.1. The molecule has 0 bridgehead atoms. The quantitative estimate of drug-likeness (QED) is 0.602. The van der Waals surface area contributed by atoms with Crippen LogP contribution in [0, 0.1) is 0 Å². The summed E-state index contributed by atoms with van der Waals surface area (Å²) in [5.41, 5.74) is 1.75. The molecule has 1 N–H and O–H groups in total. The minimum Gasteiger partial charge on any atom is -0.333 e. The Kier molecular flexibility index (Phi) is 4.10. The zero-order valence-corrected chi connectivity index (χ0v) is 14.7. The molecule has 4 rings (SSSR count). The van der Waals surface area contributed by atoms with Gasteiger partial charge in [0.25, 0.3) is 11.5 Å². The summed E-state index contributed by atoms with van der Waals surface area (Å²) in [6, 6.07) is 11.3. The van der Waals surface area contributed by atoms with Gasteiger partial charge < -0.3 is 9.88 Å². The molecule has 130 valence electrons. The number of rotatable bonds is 4. The first-order valence-corrected chi connectivity index (χ1v) is 8.81. The van der Waals surface area contributed by atoms with E-state index in [9.17, 15) is 9.59 Å². The van der Waals surface area contributed by atoms with Crippen molar-refractivity contribution >= 4 is 27.5 Å². The van der Waals surface area contributed by atoms with Crippen LogP contribution < -0.4 is 5.56 Å². The van der Waals surface area contributed by atoms with Crippen molar-refractivity contribution in [3.8, 4) is 5.69 Å². The standard InChI is InChI=1S/C18H15N5O2S/c1-22(10-15-20-13-7-8-26-16(13)17(24)21-15)18(25)14-9-19-11-23(14)12-5-3-2-4-6-12/h2-9,11H,10H2,1H3,(H,20,21,24). The highest BCUT2D eigenvalue weighted by molar-refractivity contribution is 7.17. The second-order valence-electron chi connectivity index (χ2n) is 5.79. The van der Waals surface area contributed by atoms with Crippen molar-refractivity contribution in [2.24, 2.45) is 0 Å². The van der Waals surface area contributed by atoms with Crippen LogP contribution in [0.15, 0.2) is 59.1 Å². The molecular formula is C18H15N5O2S. The molecule has 8 heteroatoms. The highest BCUT2D eigenvalue weighted by Gasteiger charge is 2.18. The molecule has 3 heterocycles. The Balaban J connectivity index is 1.61. The lowest BCUT2D eigenvalue weighted by Gasteiger charge is -2.17. The van der Waals surface area contributed by atoms with E-state index in [0.29, 0.717) is 21.7 Å². The van der Waals surface area contributed by atoms with Crippen molar-refractivity contribution in [1.29, 1.82) is 0 Å². The summed E-state index contributed by atoms with van der Waals surface area (Å²) in [4.78, 5) is 37.7. The minimum absolute atomic E-state index is 0.185. The summed E-state index contributed by atoms with van der Waals surface area (Å²) < 4.78 is 2.32. The van der Waals surface area contributed by atoms with E-state index in [1.54, 1.807) is 24.0 Å². The fourth-order valence-electron chi connectivity index (χ4n) is 2.74. The molecule has 0 spiro atoms. The summed E-state index contributed by atoms with van der Waals surface area (Å²) in [7, 11) is 1.67. The van der Waals surface area contributed by atoms with Gasteiger partial charge in [0.15, 0.2) is 0 Å². The molecule has 0 aliphatic rings. The minimum atomic E-state index is -0.209. The molecule has 0 atom stereocenters. The number of nitrogens with zero attached hydrogens (tertiary/aromatic N) is 4. The van der Waals surface area contributed by atoms with Gasteiger partial charge in [-0.25, -0.2) is 9.97 Å². The Labute approximate surface area is 152 Å². The SMILES string of the molecule is CN(Cc1nc2ccsc2c(=O)[nH]1)C(=O)c1cncn1-c1ccccc1. The molecule has 1 aromatic carbocycles. The summed E-state index contributed by atoms with van der Waals surface area (Å²) in [5.74, 6) is 0.238. The summed E-state index contributed by atoms with van der Waals surface area (Å²) >= 11 is 1.35. The maximum atomic E-state index is 12.9. The number of thiophene rings is 1. The van der Waals surface area contributed by atoms with Crippen molar-refractivity contribution in [2.45, 2.75) is 6.54 Å². The van der Waals surface area contributed by atoms with E-state index in [0.717, 1.165) is 5.69 Å². The molecule has 0 unspecified atom stereocenters. The fourth-order valence-corrected chi connectivity index (χ4v) is 3.46. The lowest BCUT2D eigenvalue weighted by molar-refractivity contribution is 0.0773. The van der Waals surface area contributed by atoms with Crippen LogP contribution in [0.25, 0.3) is 15.9 Å². The van der Waals surface area contributed by atoms with Gasteiger partial charge in [0, 0.05) is 12.7 Å². The Bertz CT molecular complexity index is 1130. The van der Waals surface area contributed by atoms with Crippen molar-refractivity contribution in [2.75, 3.05) is 7.05 Å². The zero-order valence-electron chi connectivity index (χ0n) is 13.9. The number of benzene rings is 1. The predicted molar refractivity (Wildman–Crippen MR) is 99.6 cm³/mol. The van der Waals surface area contributed by atoms with Gasteiger partial charge in [-0.05, 0) is 23.6 Å². The highest BCUT2D eigenvalue weighted by Crippen LogP contribution is 2.15. The Morgan fingerprint density at radius 1 is 1.27 bits per heavy atom. The number of aromatic nitrogens is 4. The Hall–Kier alpha value is -3.26. The van der Waals surface area contributed by atoms with E-state index >= 15 is 0 Å². The lowest BCUT2D eigenvalue weighted by atomic mass is 10.3. The van der Waals surface area contributed by atoms with Gasteiger partial charge in [0.05, 0.1) is 24.6 Å². The molecule has 26 heavy (non-hydrogen) atoms. The van der Waals surface area contributed by atoms with Crippen LogP contribution in [0.2, 0.25) is 0 Å². The van der Waals surface area contributed by atoms with Crippen molar-refractivity contribution in [1.82, 2.24) is 24.4 Å². The van der Waals surface area contributed by atoms with Gasteiger partial charge in [-0.2, -0.15) is 0 Å². The number of imidazole rings is 1. The van der Waals surface area contributed by atoms with E-state index in [-0.39, 0.29) is 18.0 Å². The fraction of sp³-hybridized carbons (Fsp3) is 0.111. The topological polar surface area (TPSA) is 83.9 Å². The van der Waals surface area contributed by atoms with Crippen LogP contribution in [-0.4, -0.2) is 37.4 Å². The first-order valence-electron chi connectivity index (χ1n) is 7.93. The van der Waals surface area contributed by atoms with E-state index < -0.39 is 0 Å². The molecule has 3 aromatic heterocycles. The Morgan fingerprint density at radius 3 is 2.88 bits per heavy atom. The van der Waals surface area contributed by atoms with Gasteiger partial charge in [-0.15, -0.1) is 11.3 Å². The predicted octanol–water partition coefficient (Wildman–Crippen LogP) is 2.44. The molecule has 1 amide bonds. The number of para-hydroxylation sites is 1. The monoisotopic (exact) mass is 365 g/mol. The third-order valence-corrected chi connectivity index (χ3v) is 4.89. The molecule has 0 radical (unpaired) electrons. The number of nitrogens with one attached hydrogen (secondary N) is 1. The van der Waals surface area contributed by atoms with Crippen molar-refractivity contribution < 1.29 is 4.79 Å². The number of H-pyrrole nitrogens is 1. The first-order chi connectivity index (χ1) is 12.6. The molecule has 7 nitrogen and oxygen atoms in total. The number of carbonyl (C=O) groups is 1. The molecule has 0 aliphatic carbocycles. The van der Waals surface area contributed by atoms with Gasteiger partial charge in [0.1, 0.15) is 16.2 Å². The molecule has 0 aliphatic heterocycles. The average Bonchev–Trinajstić information content (AvgIpc) is 3.31. The number of hydrogen-bond donors (Lipinski definition) is 1. The number of carbonyl (C=O) groups excluding carboxylic acids is 1. The largest absolute Gasteiger partial charge is 0.333 e. The second kappa shape index (κ2) is 6.57. The van der Waals surface area contributed by atoms with Crippen LogP contribution in [0.5, 0.6) is 0 Å². The smallest absolute Gasteiger partial charge is 0.272 e. The number of aromatic amines is 1. The van der Waals surface area contributed by atoms with Crippen LogP contribution >= 0.6 is 11.3 Å². The third-order valence-electron chi connectivity index (χ3n) is 3.99. The number of amides is 1. The third kappa shape index (κ3) is 2.91. The van der Waals surface area contributed by atoms with E-state index in [2.05, 4.69) is 15.0 Å². The van der Waals surface area contributed by atoms with Gasteiger partial charge in [-0.1, -0.05) is 18.2 Å².